The van der Waals surface area contributed by atoms with E-state index in [1.54, 1.807) is 25.4 Å². The summed E-state index contributed by atoms with van der Waals surface area (Å²) in [5.41, 5.74) is 2.49. The molecule has 0 spiro atoms. The van der Waals surface area contributed by atoms with Gasteiger partial charge in [-0.25, -0.2) is 4.39 Å². The molecule has 0 radical (unpaired) electrons. The average molecular weight is 345 g/mol. The number of hydrogen-bond donors (Lipinski definition) is 3. The van der Waals surface area contributed by atoms with Crippen LogP contribution in [0.25, 0.3) is 11.3 Å². The fraction of sp³-hybridized carbons (Fsp3) is 0.353. The number of H-pyrrole nitrogens is 1. The van der Waals surface area contributed by atoms with Crippen molar-refractivity contribution in [1.82, 2.24) is 25.7 Å². The number of piperazine rings is 1. The summed E-state index contributed by atoms with van der Waals surface area (Å²) in [6.45, 7) is 1.65. The van der Waals surface area contributed by atoms with E-state index < -0.39 is 6.04 Å². The second-order valence-corrected chi connectivity index (χ2v) is 5.93. The third kappa shape index (κ3) is 3.85. The van der Waals surface area contributed by atoms with Crippen molar-refractivity contribution < 1.29 is 14.0 Å². The van der Waals surface area contributed by atoms with Crippen LogP contribution in [-0.2, 0) is 16.1 Å². The molecule has 1 aliphatic rings. The minimum atomic E-state index is -0.523. The molecule has 1 saturated heterocycles. The molecule has 1 aromatic carbocycles. The lowest BCUT2D eigenvalue weighted by Crippen LogP contribution is -2.56. The van der Waals surface area contributed by atoms with Gasteiger partial charge < -0.3 is 10.6 Å². The van der Waals surface area contributed by atoms with Gasteiger partial charge in [-0.1, -0.05) is 0 Å². The molecule has 1 aromatic heterocycles. The Kier molecular flexibility index (Phi) is 5.08. The third-order valence-electron chi connectivity index (χ3n) is 4.32. The lowest BCUT2D eigenvalue weighted by molar-refractivity contribution is -0.134. The van der Waals surface area contributed by atoms with Crippen molar-refractivity contribution in [3.63, 3.8) is 0 Å². The van der Waals surface area contributed by atoms with Crippen molar-refractivity contribution in [3.05, 3.63) is 41.8 Å². The van der Waals surface area contributed by atoms with Crippen molar-refractivity contribution in [1.29, 1.82) is 0 Å². The van der Waals surface area contributed by atoms with Crippen LogP contribution >= 0.6 is 0 Å². The molecule has 0 unspecified atom stereocenters. The number of carbonyl (C=O) groups is 2. The van der Waals surface area contributed by atoms with Gasteiger partial charge in [0.15, 0.2) is 0 Å². The van der Waals surface area contributed by atoms with Crippen molar-refractivity contribution in [2.24, 2.45) is 0 Å². The highest BCUT2D eigenvalue weighted by Gasteiger charge is 2.32. The van der Waals surface area contributed by atoms with Crippen molar-refractivity contribution in [2.45, 2.75) is 19.0 Å². The molecule has 3 rings (SSSR count). The molecule has 132 valence electrons. The Morgan fingerprint density at radius 3 is 2.88 bits per heavy atom. The van der Waals surface area contributed by atoms with E-state index in [9.17, 15) is 14.0 Å². The van der Waals surface area contributed by atoms with E-state index in [1.807, 2.05) is 4.90 Å². The van der Waals surface area contributed by atoms with Crippen molar-refractivity contribution in [2.75, 3.05) is 20.1 Å². The van der Waals surface area contributed by atoms with Crippen LogP contribution in [0.15, 0.2) is 30.5 Å². The molecule has 2 heterocycles. The monoisotopic (exact) mass is 345 g/mol. The Hall–Kier alpha value is -2.74. The fourth-order valence-corrected chi connectivity index (χ4v) is 2.97. The van der Waals surface area contributed by atoms with E-state index in [1.165, 1.54) is 12.1 Å². The minimum absolute atomic E-state index is 0.103. The molecule has 25 heavy (non-hydrogen) atoms. The lowest BCUT2D eigenvalue weighted by Gasteiger charge is -2.34. The fourth-order valence-electron chi connectivity index (χ4n) is 2.97. The lowest BCUT2D eigenvalue weighted by atomic mass is 10.0. The zero-order valence-electron chi connectivity index (χ0n) is 13.9. The van der Waals surface area contributed by atoms with Crippen LogP contribution in [0.3, 0.4) is 0 Å². The molecule has 1 fully saturated rings. The van der Waals surface area contributed by atoms with Crippen LogP contribution in [0.5, 0.6) is 0 Å². The van der Waals surface area contributed by atoms with Gasteiger partial charge in [0.1, 0.15) is 5.82 Å². The molecule has 2 aromatic rings. The van der Waals surface area contributed by atoms with Gasteiger partial charge in [-0.3, -0.25) is 19.6 Å². The van der Waals surface area contributed by atoms with Crippen LogP contribution in [-0.4, -0.2) is 53.1 Å². The van der Waals surface area contributed by atoms with Crippen LogP contribution in [0.1, 0.15) is 12.0 Å². The third-order valence-corrected chi connectivity index (χ3v) is 4.32. The van der Waals surface area contributed by atoms with E-state index in [0.29, 0.717) is 19.6 Å². The van der Waals surface area contributed by atoms with Crippen LogP contribution in [0.4, 0.5) is 4.39 Å². The second-order valence-electron chi connectivity index (χ2n) is 5.93. The number of nitrogens with one attached hydrogen (secondary N) is 3. The summed E-state index contributed by atoms with van der Waals surface area (Å²) in [7, 11) is 1.55. The van der Waals surface area contributed by atoms with E-state index in [-0.39, 0.29) is 24.1 Å². The number of aromatic amines is 1. The van der Waals surface area contributed by atoms with Gasteiger partial charge in [0.25, 0.3) is 0 Å². The maximum Gasteiger partial charge on any atom is 0.237 e. The number of rotatable bonds is 5. The zero-order valence-corrected chi connectivity index (χ0v) is 13.9. The quantitative estimate of drug-likeness (QED) is 0.742. The highest BCUT2D eigenvalue weighted by Crippen LogP contribution is 2.24. The molecule has 1 aliphatic heterocycles. The summed E-state index contributed by atoms with van der Waals surface area (Å²) in [5.74, 6) is -0.636. The summed E-state index contributed by atoms with van der Waals surface area (Å²) < 4.78 is 13.1. The first-order chi connectivity index (χ1) is 12.1. The molecule has 0 bridgehead atoms. The van der Waals surface area contributed by atoms with Gasteiger partial charge in [0, 0.05) is 37.8 Å². The van der Waals surface area contributed by atoms with Gasteiger partial charge in [0.2, 0.25) is 11.8 Å². The van der Waals surface area contributed by atoms with E-state index in [4.69, 9.17) is 0 Å². The van der Waals surface area contributed by atoms with Gasteiger partial charge in [-0.15, -0.1) is 0 Å². The van der Waals surface area contributed by atoms with Crippen molar-refractivity contribution in [3.8, 4) is 11.3 Å². The number of hydrogen-bond acceptors (Lipinski definition) is 4. The van der Waals surface area contributed by atoms with Gasteiger partial charge in [-0.05, 0) is 24.3 Å². The largest absolute Gasteiger partial charge is 0.359 e. The Morgan fingerprint density at radius 2 is 2.16 bits per heavy atom. The Balaban J connectivity index is 1.81. The van der Waals surface area contributed by atoms with Gasteiger partial charge in [-0.2, -0.15) is 5.10 Å². The molecule has 8 heteroatoms. The molecule has 3 N–H and O–H groups in total. The Labute approximate surface area is 144 Å². The van der Waals surface area contributed by atoms with Gasteiger partial charge >= 0.3 is 0 Å². The zero-order chi connectivity index (χ0) is 17.8. The second kappa shape index (κ2) is 7.43. The van der Waals surface area contributed by atoms with Crippen LogP contribution < -0.4 is 10.6 Å². The summed E-state index contributed by atoms with van der Waals surface area (Å²) in [6, 6.07) is 5.62. The predicted molar refractivity (Wildman–Crippen MR) is 89.9 cm³/mol. The van der Waals surface area contributed by atoms with E-state index in [0.717, 1.165) is 16.8 Å². The normalized spacial score (nSPS) is 18.0. The Morgan fingerprint density at radius 1 is 1.40 bits per heavy atom. The van der Waals surface area contributed by atoms with Crippen LogP contribution in [0, 0.1) is 5.82 Å². The van der Waals surface area contributed by atoms with E-state index in [2.05, 4.69) is 20.8 Å². The molecular weight excluding hydrogens is 325 g/mol. The summed E-state index contributed by atoms with van der Waals surface area (Å²) in [4.78, 5) is 25.9. The topological polar surface area (TPSA) is 90.1 Å². The highest BCUT2D eigenvalue weighted by atomic mass is 19.1. The molecule has 0 aliphatic carbocycles. The number of halogens is 1. The van der Waals surface area contributed by atoms with Crippen molar-refractivity contribution >= 4 is 11.8 Å². The smallest absolute Gasteiger partial charge is 0.237 e. The maximum atomic E-state index is 13.1. The SMILES string of the molecule is CNC(=O)C[C@H]1C(=O)NCCN1Cc1cn[nH]c1-c1ccc(F)cc1. The predicted octanol–water partition coefficient (Wildman–Crippen LogP) is 0.652. The summed E-state index contributed by atoms with van der Waals surface area (Å²) in [6.07, 6.45) is 1.80. The number of amides is 2. The van der Waals surface area contributed by atoms with Crippen LogP contribution in [0.2, 0.25) is 0 Å². The molecule has 0 saturated carbocycles. The van der Waals surface area contributed by atoms with E-state index >= 15 is 0 Å². The van der Waals surface area contributed by atoms with Gasteiger partial charge in [0.05, 0.1) is 24.4 Å². The number of nitrogens with zero attached hydrogens (tertiary/aromatic N) is 2. The summed E-state index contributed by atoms with van der Waals surface area (Å²) in [5, 5.41) is 12.4. The summed E-state index contributed by atoms with van der Waals surface area (Å²) >= 11 is 0. The number of aromatic nitrogens is 2. The molecular formula is C17H20FN5O2. The standard InChI is InChI=1S/C17H20FN5O2/c1-19-15(24)8-14-17(25)20-6-7-23(14)10-12-9-21-22-16(12)11-2-4-13(18)5-3-11/h2-5,9,14H,6-8,10H2,1H3,(H,19,24)(H,20,25)(H,21,22)/t14-/m0/s1. The average Bonchev–Trinajstić information content (AvgIpc) is 3.06. The first kappa shape index (κ1) is 17.1. The number of benzene rings is 1. The Bertz CT molecular complexity index is 759. The minimum Gasteiger partial charge on any atom is -0.359 e. The first-order valence-electron chi connectivity index (χ1n) is 8.09. The molecule has 1 atom stereocenters. The maximum absolute atomic E-state index is 13.1. The molecule has 7 nitrogen and oxygen atoms in total. The first-order valence-corrected chi connectivity index (χ1v) is 8.09. The highest BCUT2D eigenvalue weighted by molar-refractivity contribution is 5.88. The number of carbonyl (C=O) groups excluding carboxylic acids is 2. The molecule has 2 amide bonds.